The molecule has 4 aromatic rings. The Morgan fingerprint density at radius 1 is 0.824 bits per heavy atom. The van der Waals surface area contributed by atoms with E-state index < -0.39 is 23.5 Å². The number of benzene rings is 4. The average Bonchev–Trinajstić information content (AvgIpc) is 3.11. The second-order valence-electron chi connectivity index (χ2n) is 7.88. The summed E-state index contributed by atoms with van der Waals surface area (Å²) in [6.45, 7) is 0. The number of ketones is 1. The van der Waals surface area contributed by atoms with Gasteiger partial charge in [0.15, 0.2) is 0 Å². The lowest BCUT2D eigenvalue weighted by molar-refractivity contribution is -0.132. The molecule has 0 spiro atoms. The van der Waals surface area contributed by atoms with Crippen molar-refractivity contribution in [3.63, 3.8) is 0 Å². The molecule has 1 unspecified atom stereocenters. The first-order chi connectivity index (χ1) is 16.3. The number of nitrogens with zero attached hydrogens (tertiary/aromatic N) is 1. The fraction of sp³-hybridized carbons (Fsp3) is 0.0370. The molecule has 0 saturated carbocycles. The zero-order valence-corrected chi connectivity index (χ0v) is 19.0. The van der Waals surface area contributed by atoms with Crippen molar-refractivity contribution in [3.8, 4) is 0 Å². The van der Waals surface area contributed by atoms with Crippen molar-refractivity contribution >= 4 is 57.1 Å². The number of carbonyl (C=O) groups excluding carboxylic acids is 2. The van der Waals surface area contributed by atoms with E-state index >= 15 is 0 Å². The molecular weight excluding hydrogens is 476 g/mol. The van der Waals surface area contributed by atoms with Gasteiger partial charge >= 0.3 is 0 Å². The molecule has 1 saturated heterocycles. The number of aliphatic hydroxyl groups is 1. The Morgan fingerprint density at radius 3 is 2.24 bits per heavy atom. The molecule has 1 amide bonds. The van der Waals surface area contributed by atoms with Crippen LogP contribution in [0.25, 0.3) is 16.5 Å². The molecule has 1 aliphatic rings. The summed E-state index contributed by atoms with van der Waals surface area (Å²) in [4.78, 5) is 27.6. The van der Waals surface area contributed by atoms with Crippen molar-refractivity contribution in [2.75, 3.05) is 4.90 Å². The van der Waals surface area contributed by atoms with Crippen LogP contribution in [0.5, 0.6) is 0 Å². The predicted molar refractivity (Wildman–Crippen MR) is 132 cm³/mol. The fourth-order valence-electron chi connectivity index (χ4n) is 4.19. The van der Waals surface area contributed by atoms with Crippen molar-refractivity contribution in [1.82, 2.24) is 0 Å². The minimum absolute atomic E-state index is 0.0944. The Balaban J connectivity index is 1.74. The SMILES string of the molecule is O=C1C(=O)N(c2ccc(F)cc2)C(c2ccc(Cl)c(Cl)c2)/C1=C(/O)c1ccc2ccccc2c1. The molecule has 0 bridgehead atoms. The van der Waals surface area contributed by atoms with E-state index in [2.05, 4.69) is 0 Å². The van der Waals surface area contributed by atoms with Crippen LogP contribution in [0, 0.1) is 5.82 Å². The van der Waals surface area contributed by atoms with Gasteiger partial charge < -0.3 is 5.11 Å². The third-order valence-corrected chi connectivity index (χ3v) is 6.57. The lowest BCUT2D eigenvalue weighted by Gasteiger charge is -2.25. The number of fused-ring (bicyclic) bond motifs is 1. The van der Waals surface area contributed by atoms with E-state index in [-0.39, 0.29) is 16.4 Å². The smallest absolute Gasteiger partial charge is 0.300 e. The standard InChI is InChI=1S/C27H16Cl2FNO3/c28-21-12-7-17(14-22(21)29)24-23(25(32)18-6-5-15-3-1-2-4-16(15)13-18)26(33)27(34)31(24)20-10-8-19(30)9-11-20/h1-14,24,32H/b25-23-. The Labute approximate surface area is 204 Å². The molecule has 4 nitrogen and oxygen atoms in total. The average molecular weight is 492 g/mol. The molecule has 1 aliphatic heterocycles. The van der Waals surface area contributed by atoms with Crippen molar-refractivity contribution in [3.05, 3.63) is 117 Å². The van der Waals surface area contributed by atoms with Crippen molar-refractivity contribution in [2.45, 2.75) is 6.04 Å². The van der Waals surface area contributed by atoms with Gasteiger partial charge in [-0.05, 0) is 58.8 Å². The number of rotatable bonds is 3. The maximum absolute atomic E-state index is 13.6. The second-order valence-corrected chi connectivity index (χ2v) is 8.70. The summed E-state index contributed by atoms with van der Waals surface area (Å²) < 4.78 is 13.6. The number of hydrogen-bond donors (Lipinski definition) is 1. The van der Waals surface area contributed by atoms with E-state index in [4.69, 9.17) is 23.2 Å². The number of amides is 1. The summed E-state index contributed by atoms with van der Waals surface area (Å²) in [7, 11) is 0. The minimum Gasteiger partial charge on any atom is -0.507 e. The fourth-order valence-corrected chi connectivity index (χ4v) is 4.50. The van der Waals surface area contributed by atoms with Gasteiger partial charge in [-0.15, -0.1) is 0 Å². The van der Waals surface area contributed by atoms with Crippen LogP contribution in [0.15, 0.2) is 90.5 Å². The van der Waals surface area contributed by atoms with Gasteiger partial charge in [0.2, 0.25) is 0 Å². The summed E-state index contributed by atoms with van der Waals surface area (Å²) in [5.41, 5.74) is 1.07. The number of halogens is 3. The molecule has 1 fully saturated rings. The van der Waals surface area contributed by atoms with Crippen LogP contribution in [0.2, 0.25) is 10.0 Å². The van der Waals surface area contributed by atoms with Gasteiger partial charge in [0.1, 0.15) is 11.6 Å². The monoisotopic (exact) mass is 491 g/mol. The van der Waals surface area contributed by atoms with Crippen molar-refractivity contribution in [2.24, 2.45) is 0 Å². The van der Waals surface area contributed by atoms with E-state index in [1.807, 2.05) is 30.3 Å². The quantitative estimate of drug-likeness (QED) is 0.192. The highest BCUT2D eigenvalue weighted by Gasteiger charge is 2.47. The molecule has 168 valence electrons. The Hall–Kier alpha value is -3.67. The van der Waals surface area contributed by atoms with Crippen molar-refractivity contribution in [1.29, 1.82) is 0 Å². The first kappa shape index (κ1) is 22.1. The number of anilines is 1. The van der Waals surface area contributed by atoms with Crippen molar-refractivity contribution < 1.29 is 19.1 Å². The molecule has 0 aliphatic carbocycles. The van der Waals surface area contributed by atoms with Gasteiger partial charge in [-0.3, -0.25) is 14.5 Å². The highest BCUT2D eigenvalue weighted by atomic mass is 35.5. The summed E-state index contributed by atoms with van der Waals surface area (Å²) in [6, 6.07) is 21.8. The van der Waals surface area contributed by atoms with Crippen LogP contribution in [0.1, 0.15) is 17.2 Å². The molecule has 1 heterocycles. The van der Waals surface area contributed by atoms with E-state index in [1.165, 1.54) is 29.2 Å². The summed E-state index contributed by atoms with van der Waals surface area (Å²) >= 11 is 12.3. The number of aliphatic hydroxyl groups excluding tert-OH is 1. The second kappa shape index (κ2) is 8.60. The number of hydrogen-bond acceptors (Lipinski definition) is 3. The predicted octanol–water partition coefficient (Wildman–Crippen LogP) is 6.91. The van der Waals surface area contributed by atoms with Crippen LogP contribution in [-0.4, -0.2) is 16.8 Å². The summed E-state index contributed by atoms with van der Waals surface area (Å²) in [5, 5.41) is 13.7. The molecule has 5 rings (SSSR count). The van der Waals surface area contributed by atoms with Crippen LogP contribution < -0.4 is 4.90 Å². The minimum atomic E-state index is -0.994. The van der Waals surface area contributed by atoms with Gasteiger partial charge in [0.25, 0.3) is 11.7 Å². The number of Topliss-reactive ketones (excluding diaryl/α,β-unsaturated/α-hetero) is 1. The zero-order valence-electron chi connectivity index (χ0n) is 17.5. The van der Waals surface area contributed by atoms with Crippen LogP contribution >= 0.6 is 23.2 Å². The van der Waals surface area contributed by atoms with Gasteiger partial charge in [-0.25, -0.2) is 4.39 Å². The molecule has 0 radical (unpaired) electrons. The normalized spacial score (nSPS) is 17.5. The highest BCUT2D eigenvalue weighted by molar-refractivity contribution is 6.52. The summed E-state index contributed by atoms with van der Waals surface area (Å²) in [6.07, 6.45) is 0. The Morgan fingerprint density at radius 2 is 1.53 bits per heavy atom. The first-order valence-electron chi connectivity index (χ1n) is 10.4. The third kappa shape index (κ3) is 3.73. The molecule has 0 aromatic heterocycles. The summed E-state index contributed by atoms with van der Waals surface area (Å²) in [5.74, 6) is -2.50. The van der Waals surface area contributed by atoms with Gasteiger partial charge in [0.05, 0.1) is 21.7 Å². The largest absolute Gasteiger partial charge is 0.507 e. The van der Waals surface area contributed by atoms with E-state index in [0.29, 0.717) is 21.8 Å². The van der Waals surface area contributed by atoms with Gasteiger partial charge in [-0.2, -0.15) is 0 Å². The Kier molecular flexibility index (Phi) is 5.60. The highest BCUT2D eigenvalue weighted by Crippen LogP contribution is 2.43. The van der Waals surface area contributed by atoms with Gasteiger partial charge in [-0.1, -0.05) is 65.7 Å². The van der Waals surface area contributed by atoms with Crippen LogP contribution in [0.3, 0.4) is 0 Å². The van der Waals surface area contributed by atoms with Gasteiger partial charge in [0, 0.05) is 11.3 Å². The van der Waals surface area contributed by atoms with E-state index in [1.54, 1.807) is 30.3 Å². The molecule has 34 heavy (non-hydrogen) atoms. The van der Waals surface area contributed by atoms with Crippen LogP contribution in [-0.2, 0) is 9.59 Å². The third-order valence-electron chi connectivity index (χ3n) is 5.83. The maximum atomic E-state index is 13.6. The molecule has 7 heteroatoms. The van der Waals surface area contributed by atoms with E-state index in [0.717, 1.165) is 10.8 Å². The molecule has 1 N–H and O–H groups in total. The lowest BCUT2D eigenvalue weighted by atomic mass is 9.94. The Bertz CT molecular complexity index is 1500. The topological polar surface area (TPSA) is 57.6 Å². The molecule has 4 aromatic carbocycles. The number of carbonyl (C=O) groups is 2. The zero-order chi connectivity index (χ0) is 24.0. The molecular formula is C27H16Cl2FNO3. The first-order valence-corrected chi connectivity index (χ1v) is 11.1. The molecule has 1 atom stereocenters. The van der Waals surface area contributed by atoms with Crippen LogP contribution in [0.4, 0.5) is 10.1 Å². The maximum Gasteiger partial charge on any atom is 0.300 e. The van der Waals surface area contributed by atoms with E-state index in [9.17, 15) is 19.1 Å². The lowest BCUT2D eigenvalue weighted by Crippen LogP contribution is -2.29.